The molecule has 5 rings (SSSR count). The van der Waals surface area contributed by atoms with E-state index in [1.54, 1.807) is 21.3 Å². The van der Waals surface area contributed by atoms with Crippen molar-refractivity contribution in [2.75, 3.05) is 32.0 Å². The molecule has 0 amide bonds. The molecule has 6 nitrogen and oxygen atoms in total. The average molecular weight is 491 g/mol. The van der Waals surface area contributed by atoms with Crippen LogP contribution in [-0.4, -0.2) is 27.1 Å². The minimum Gasteiger partial charge on any atom is -0.493 e. The second-order valence-electron chi connectivity index (χ2n) is 8.65. The zero-order chi connectivity index (χ0) is 24.5. The first-order valence-corrected chi connectivity index (χ1v) is 11.8. The number of carbonyl (C=O) groups is 1. The molecule has 0 fully saturated rings. The van der Waals surface area contributed by atoms with Gasteiger partial charge in [0.05, 0.1) is 38.7 Å². The fourth-order valence-corrected chi connectivity index (χ4v) is 5.25. The van der Waals surface area contributed by atoms with E-state index in [-0.39, 0.29) is 17.7 Å². The van der Waals surface area contributed by atoms with Crippen LogP contribution in [0.4, 0.5) is 11.4 Å². The molecule has 0 saturated carbocycles. The van der Waals surface area contributed by atoms with Gasteiger partial charge in [0, 0.05) is 22.7 Å². The lowest BCUT2D eigenvalue weighted by Crippen LogP contribution is -2.27. The van der Waals surface area contributed by atoms with Gasteiger partial charge in [-0.15, -0.1) is 0 Å². The van der Waals surface area contributed by atoms with Crippen LogP contribution in [0.5, 0.6) is 17.2 Å². The van der Waals surface area contributed by atoms with E-state index in [2.05, 4.69) is 10.6 Å². The van der Waals surface area contributed by atoms with Gasteiger partial charge in [0.25, 0.3) is 0 Å². The zero-order valence-electron chi connectivity index (χ0n) is 19.9. The fourth-order valence-electron chi connectivity index (χ4n) is 5.01. The number of para-hydroxylation sites is 2. The molecule has 2 N–H and O–H groups in total. The van der Waals surface area contributed by atoms with Crippen molar-refractivity contribution in [2.24, 2.45) is 0 Å². The number of hydrogen-bond acceptors (Lipinski definition) is 6. The molecule has 7 heteroatoms. The lowest BCUT2D eigenvalue weighted by atomic mass is 9.78. The molecular weight excluding hydrogens is 464 g/mol. The van der Waals surface area contributed by atoms with E-state index in [0.29, 0.717) is 35.1 Å². The van der Waals surface area contributed by atoms with E-state index in [1.165, 1.54) is 0 Å². The number of hydrogen-bond donors (Lipinski definition) is 2. The molecule has 35 heavy (non-hydrogen) atoms. The number of fused-ring (bicyclic) bond motifs is 1. The van der Waals surface area contributed by atoms with E-state index in [4.69, 9.17) is 25.8 Å². The summed E-state index contributed by atoms with van der Waals surface area (Å²) in [6, 6.07) is 19.1. The molecule has 0 saturated heterocycles. The number of Topliss-reactive ketones (excluding diaryl/α,β-unsaturated/α-hetero) is 1. The first-order chi connectivity index (χ1) is 17.0. The molecule has 1 aliphatic carbocycles. The van der Waals surface area contributed by atoms with E-state index in [1.807, 2.05) is 60.7 Å². The molecule has 2 aliphatic rings. The Kier molecular flexibility index (Phi) is 6.31. The Morgan fingerprint density at radius 3 is 2.17 bits per heavy atom. The Balaban J connectivity index is 1.61. The Morgan fingerprint density at radius 2 is 1.51 bits per heavy atom. The van der Waals surface area contributed by atoms with Gasteiger partial charge < -0.3 is 24.8 Å². The summed E-state index contributed by atoms with van der Waals surface area (Å²) in [7, 11) is 4.77. The average Bonchev–Trinajstić information content (AvgIpc) is 3.04. The maximum atomic E-state index is 13.8. The molecule has 0 spiro atoms. The van der Waals surface area contributed by atoms with Gasteiger partial charge in [-0.3, -0.25) is 4.79 Å². The summed E-state index contributed by atoms with van der Waals surface area (Å²) < 4.78 is 16.6. The second kappa shape index (κ2) is 9.55. The van der Waals surface area contributed by atoms with E-state index in [9.17, 15) is 4.79 Å². The normalized spacial score (nSPS) is 19.0. The lowest BCUT2D eigenvalue weighted by Gasteiger charge is -2.30. The molecule has 0 bridgehead atoms. The van der Waals surface area contributed by atoms with Gasteiger partial charge in [-0.1, -0.05) is 41.9 Å². The van der Waals surface area contributed by atoms with Gasteiger partial charge in [-0.05, 0) is 53.8 Å². The second-order valence-corrected chi connectivity index (χ2v) is 9.06. The summed E-state index contributed by atoms with van der Waals surface area (Å²) in [5.74, 6) is 1.69. The number of nitrogens with one attached hydrogen (secondary N) is 2. The summed E-state index contributed by atoms with van der Waals surface area (Å²) in [4.78, 5) is 13.8. The monoisotopic (exact) mass is 490 g/mol. The predicted octanol–water partition coefficient (Wildman–Crippen LogP) is 6.35. The SMILES string of the molecule is COc1cc([C@H]2CC(=O)C3=C(C2)Nc2ccccc2N[C@@H]3c2ccccc2Cl)cc(OC)c1OC. The van der Waals surface area contributed by atoms with Crippen molar-refractivity contribution >= 4 is 28.8 Å². The summed E-state index contributed by atoms with van der Waals surface area (Å²) in [6.07, 6.45) is 1.01. The van der Waals surface area contributed by atoms with Crippen LogP contribution in [0.2, 0.25) is 5.02 Å². The molecule has 2 atom stereocenters. The molecule has 1 heterocycles. The van der Waals surface area contributed by atoms with Gasteiger partial charge in [0.1, 0.15) is 0 Å². The van der Waals surface area contributed by atoms with E-state index >= 15 is 0 Å². The first kappa shape index (κ1) is 23.1. The van der Waals surface area contributed by atoms with Gasteiger partial charge in [-0.25, -0.2) is 0 Å². The topological polar surface area (TPSA) is 68.8 Å². The third-order valence-electron chi connectivity index (χ3n) is 6.68. The molecule has 3 aromatic rings. The number of ketones is 1. The highest BCUT2D eigenvalue weighted by atomic mass is 35.5. The van der Waals surface area contributed by atoms with Crippen LogP contribution in [0.1, 0.15) is 35.9 Å². The van der Waals surface area contributed by atoms with E-state index in [0.717, 1.165) is 33.8 Å². The summed E-state index contributed by atoms with van der Waals surface area (Å²) in [6.45, 7) is 0. The van der Waals surface area contributed by atoms with Crippen molar-refractivity contribution in [2.45, 2.75) is 24.8 Å². The quantitative estimate of drug-likeness (QED) is 0.434. The smallest absolute Gasteiger partial charge is 0.203 e. The first-order valence-electron chi connectivity index (χ1n) is 11.5. The molecule has 3 aromatic carbocycles. The zero-order valence-corrected chi connectivity index (χ0v) is 20.6. The fraction of sp³-hybridized carbons (Fsp3) is 0.250. The van der Waals surface area contributed by atoms with Crippen LogP contribution in [0.15, 0.2) is 71.9 Å². The number of carbonyl (C=O) groups excluding carboxylic acids is 1. The Bertz CT molecular complexity index is 1290. The number of halogens is 1. The number of benzene rings is 3. The van der Waals surface area contributed by atoms with Crippen molar-refractivity contribution in [3.63, 3.8) is 0 Å². The number of allylic oxidation sites excluding steroid dienone is 1. The van der Waals surface area contributed by atoms with Crippen molar-refractivity contribution in [3.05, 3.63) is 88.1 Å². The minimum atomic E-state index is -0.358. The van der Waals surface area contributed by atoms with Crippen molar-refractivity contribution < 1.29 is 19.0 Å². The molecule has 0 radical (unpaired) electrons. The van der Waals surface area contributed by atoms with Crippen molar-refractivity contribution in [1.29, 1.82) is 0 Å². The minimum absolute atomic E-state index is 0.0559. The highest BCUT2D eigenvalue weighted by Gasteiger charge is 2.37. The Hall–Kier alpha value is -3.64. The highest BCUT2D eigenvalue weighted by Crippen LogP contribution is 2.47. The van der Waals surface area contributed by atoms with Gasteiger partial charge in [0.15, 0.2) is 17.3 Å². The predicted molar refractivity (Wildman–Crippen MR) is 138 cm³/mol. The molecule has 0 unspecified atom stereocenters. The summed E-state index contributed by atoms with van der Waals surface area (Å²) in [5, 5.41) is 7.75. The van der Waals surface area contributed by atoms with Crippen LogP contribution in [0.3, 0.4) is 0 Å². The maximum Gasteiger partial charge on any atom is 0.203 e. The van der Waals surface area contributed by atoms with Gasteiger partial charge in [-0.2, -0.15) is 0 Å². The largest absolute Gasteiger partial charge is 0.493 e. The summed E-state index contributed by atoms with van der Waals surface area (Å²) >= 11 is 6.60. The summed E-state index contributed by atoms with van der Waals surface area (Å²) in [5.41, 5.74) is 5.29. The van der Waals surface area contributed by atoms with Crippen LogP contribution in [0.25, 0.3) is 0 Å². The number of methoxy groups -OCH3 is 3. The highest BCUT2D eigenvalue weighted by molar-refractivity contribution is 6.31. The third-order valence-corrected chi connectivity index (χ3v) is 7.03. The third kappa shape index (κ3) is 4.19. The molecule has 180 valence electrons. The van der Waals surface area contributed by atoms with Crippen molar-refractivity contribution in [1.82, 2.24) is 0 Å². The van der Waals surface area contributed by atoms with Crippen molar-refractivity contribution in [3.8, 4) is 17.2 Å². The Labute approximate surface area is 209 Å². The Morgan fingerprint density at radius 1 is 0.857 bits per heavy atom. The van der Waals surface area contributed by atoms with Gasteiger partial charge in [0.2, 0.25) is 5.75 Å². The van der Waals surface area contributed by atoms with Crippen LogP contribution >= 0.6 is 11.6 Å². The number of anilines is 2. The maximum absolute atomic E-state index is 13.8. The lowest BCUT2D eigenvalue weighted by molar-refractivity contribution is -0.116. The number of rotatable bonds is 5. The van der Waals surface area contributed by atoms with E-state index < -0.39 is 0 Å². The standard InChI is InChI=1S/C28H27ClN2O4/c1-33-24-14-17(15-25(34-2)28(24)35-3)16-12-22-26(23(32)13-16)27(18-8-4-5-9-19(18)29)31-21-11-7-6-10-20(21)30-22/h4-11,14-16,27,30-31H,12-13H2,1-3H3/t16-,27-/m1/s1. The number of ether oxygens (including phenoxy) is 3. The molecular formula is C28H27ClN2O4. The molecule has 0 aromatic heterocycles. The van der Waals surface area contributed by atoms with Crippen LogP contribution in [-0.2, 0) is 4.79 Å². The van der Waals surface area contributed by atoms with Gasteiger partial charge >= 0.3 is 0 Å². The van der Waals surface area contributed by atoms with Crippen LogP contribution in [0, 0.1) is 0 Å². The van der Waals surface area contributed by atoms with Crippen LogP contribution < -0.4 is 24.8 Å². The molecule has 1 aliphatic heterocycles.